The zero-order valence-electron chi connectivity index (χ0n) is 7.35. The molecular weight excluding hydrogens is 162 g/mol. The lowest BCUT2D eigenvalue weighted by Gasteiger charge is -2.23. The van der Waals surface area contributed by atoms with E-state index in [0.29, 0.717) is 6.54 Å². The second-order valence-corrected chi connectivity index (χ2v) is 2.74. The highest BCUT2D eigenvalue weighted by Gasteiger charge is 2.13. The van der Waals surface area contributed by atoms with Gasteiger partial charge in [0.15, 0.2) is 0 Å². The zero-order valence-corrected chi connectivity index (χ0v) is 7.35. The predicted octanol–water partition coefficient (Wildman–Crippen LogP) is 0.882. The molecule has 0 fully saturated rings. The van der Waals surface area contributed by atoms with Crippen molar-refractivity contribution in [1.82, 2.24) is 4.90 Å². The maximum absolute atomic E-state index is 12.0. The van der Waals surface area contributed by atoms with Crippen molar-refractivity contribution in [3.05, 3.63) is 0 Å². The molecule has 0 aliphatic carbocycles. The minimum Gasteiger partial charge on any atom is -0.359 e. The Morgan fingerprint density at radius 3 is 2.33 bits per heavy atom. The fourth-order valence-electron chi connectivity index (χ4n) is 0.782. The molecule has 0 amide bonds. The lowest BCUT2D eigenvalue weighted by atomic mass is 10.3. The van der Waals surface area contributed by atoms with Crippen LogP contribution in [0.1, 0.15) is 13.8 Å². The van der Waals surface area contributed by atoms with Gasteiger partial charge in [0.25, 0.3) is 6.43 Å². The van der Waals surface area contributed by atoms with E-state index in [1.165, 1.54) is 0 Å². The third-order valence-electron chi connectivity index (χ3n) is 1.49. The van der Waals surface area contributed by atoms with E-state index in [4.69, 9.17) is 5.73 Å². The van der Waals surface area contributed by atoms with Crippen molar-refractivity contribution in [2.45, 2.75) is 26.3 Å². The molecule has 0 saturated carbocycles. The van der Waals surface area contributed by atoms with Gasteiger partial charge in [-0.25, -0.2) is 8.78 Å². The molecule has 0 saturated heterocycles. The van der Waals surface area contributed by atoms with E-state index in [1.54, 1.807) is 4.90 Å². The summed E-state index contributed by atoms with van der Waals surface area (Å²) in [6.45, 7) is 3.76. The first-order valence-electron chi connectivity index (χ1n) is 3.78. The molecule has 0 unspecified atom stereocenters. The van der Waals surface area contributed by atoms with Crippen LogP contribution in [0.25, 0.3) is 0 Å². The predicted molar refractivity (Wildman–Crippen MR) is 44.7 cm³/mol. The van der Waals surface area contributed by atoms with Crippen LogP contribution < -0.4 is 5.73 Å². The summed E-state index contributed by atoms with van der Waals surface area (Å²) in [6, 6.07) is 2.26. The minimum atomic E-state index is -2.31. The van der Waals surface area contributed by atoms with Crippen molar-refractivity contribution < 1.29 is 8.78 Å². The van der Waals surface area contributed by atoms with Crippen molar-refractivity contribution >= 4 is 0 Å². The van der Waals surface area contributed by atoms with E-state index in [-0.39, 0.29) is 12.6 Å². The molecule has 0 heterocycles. The van der Waals surface area contributed by atoms with E-state index >= 15 is 0 Å². The second kappa shape index (κ2) is 5.78. The van der Waals surface area contributed by atoms with Gasteiger partial charge < -0.3 is 5.73 Å². The Labute approximate surface area is 71.7 Å². The van der Waals surface area contributed by atoms with Gasteiger partial charge in [0.2, 0.25) is 0 Å². The molecule has 0 aromatic carbocycles. The maximum Gasteiger partial charge on any atom is 0.251 e. The standard InChI is InChI=1S/C8H14F2N2/c1-7(2)12(5-3-4-11)6-8(9)10/h7-8H,5-6,11H2,1-2H3. The van der Waals surface area contributed by atoms with Crippen molar-refractivity contribution in [3.63, 3.8) is 0 Å². The highest BCUT2D eigenvalue weighted by Crippen LogP contribution is 2.02. The monoisotopic (exact) mass is 176 g/mol. The van der Waals surface area contributed by atoms with Gasteiger partial charge in [-0.05, 0) is 13.8 Å². The molecule has 0 aliphatic rings. The third kappa shape index (κ3) is 4.91. The summed E-state index contributed by atoms with van der Waals surface area (Å²) in [5.74, 6) is 2.56. The highest BCUT2D eigenvalue weighted by atomic mass is 19.3. The normalized spacial score (nSPS) is 10.6. The molecule has 0 rings (SSSR count). The van der Waals surface area contributed by atoms with Gasteiger partial charge in [-0.3, -0.25) is 4.90 Å². The SMILES string of the molecule is CC(C)N(CC#CN)CC(F)F. The molecular formula is C8H14F2N2. The molecule has 2 nitrogen and oxygen atoms in total. The molecule has 12 heavy (non-hydrogen) atoms. The average Bonchev–Trinajstić information content (AvgIpc) is 1.96. The average molecular weight is 176 g/mol. The molecule has 70 valence electrons. The number of rotatable bonds is 4. The molecule has 4 heteroatoms. The Morgan fingerprint density at radius 1 is 1.42 bits per heavy atom. The number of alkyl halides is 2. The van der Waals surface area contributed by atoms with Crippen LogP contribution in [0, 0.1) is 12.0 Å². The van der Waals surface area contributed by atoms with Crippen LogP contribution >= 0.6 is 0 Å². The number of nitrogens with zero attached hydrogens (tertiary/aromatic N) is 1. The van der Waals surface area contributed by atoms with E-state index < -0.39 is 6.43 Å². The Morgan fingerprint density at radius 2 is 2.00 bits per heavy atom. The van der Waals surface area contributed by atoms with Gasteiger partial charge in [-0.2, -0.15) is 0 Å². The van der Waals surface area contributed by atoms with Crippen molar-refractivity contribution in [1.29, 1.82) is 0 Å². The van der Waals surface area contributed by atoms with Gasteiger partial charge in [0.1, 0.15) is 0 Å². The topological polar surface area (TPSA) is 29.3 Å². The summed E-state index contributed by atoms with van der Waals surface area (Å²) in [4.78, 5) is 1.57. The Bertz CT molecular complexity index is 170. The second-order valence-electron chi connectivity index (χ2n) is 2.74. The quantitative estimate of drug-likeness (QED) is 0.509. The van der Waals surface area contributed by atoms with Gasteiger partial charge in [-0.1, -0.05) is 5.92 Å². The zero-order chi connectivity index (χ0) is 9.56. The summed E-state index contributed by atoms with van der Waals surface area (Å²) in [5.41, 5.74) is 4.93. The van der Waals surface area contributed by atoms with Crippen LogP contribution in [0.4, 0.5) is 8.78 Å². The summed E-state index contributed by atoms with van der Waals surface area (Å²) in [7, 11) is 0. The van der Waals surface area contributed by atoms with Crippen molar-refractivity contribution in [2.24, 2.45) is 5.73 Å². The van der Waals surface area contributed by atoms with Crippen LogP contribution in [0.5, 0.6) is 0 Å². The van der Waals surface area contributed by atoms with Crippen LogP contribution in [-0.4, -0.2) is 30.5 Å². The fourth-order valence-corrected chi connectivity index (χ4v) is 0.782. The highest BCUT2D eigenvalue weighted by molar-refractivity contribution is 4.97. The van der Waals surface area contributed by atoms with Gasteiger partial charge in [0.05, 0.1) is 13.1 Å². The number of halogens is 2. The number of hydrogen-bond donors (Lipinski definition) is 1. The lowest BCUT2D eigenvalue weighted by Crippen LogP contribution is -2.35. The van der Waals surface area contributed by atoms with Crippen LogP contribution in [0.3, 0.4) is 0 Å². The van der Waals surface area contributed by atoms with Crippen molar-refractivity contribution in [3.8, 4) is 12.0 Å². The molecule has 0 aromatic rings. The molecule has 0 spiro atoms. The van der Waals surface area contributed by atoms with Crippen LogP contribution in [0.15, 0.2) is 0 Å². The molecule has 0 atom stereocenters. The first-order valence-corrected chi connectivity index (χ1v) is 3.78. The smallest absolute Gasteiger partial charge is 0.251 e. The van der Waals surface area contributed by atoms with E-state index in [9.17, 15) is 8.78 Å². The Kier molecular flexibility index (Phi) is 5.39. The molecule has 0 bridgehead atoms. The molecule has 0 radical (unpaired) electrons. The van der Waals surface area contributed by atoms with E-state index in [1.807, 2.05) is 13.8 Å². The van der Waals surface area contributed by atoms with E-state index in [0.717, 1.165) is 0 Å². The molecule has 0 aromatic heterocycles. The number of nitrogens with two attached hydrogens (primary N) is 1. The van der Waals surface area contributed by atoms with Crippen LogP contribution in [0.2, 0.25) is 0 Å². The first kappa shape index (κ1) is 11.2. The first-order chi connectivity index (χ1) is 5.57. The van der Waals surface area contributed by atoms with E-state index in [2.05, 4.69) is 12.0 Å². The van der Waals surface area contributed by atoms with Gasteiger partial charge in [-0.15, -0.1) is 0 Å². The van der Waals surface area contributed by atoms with Gasteiger partial charge in [0, 0.05) is 12.1 Å². The fraction of sp³-hybridized carbons (Fsp3) is 0.750. The summed E-state index contributed by atoms with van der Waals surface area (Å²) in [6.07, 6.45) is -2.31. The summed E-state index contributed by atoms with van der Waals surface area (Å²) >= 11 is 0. The third-order valence-corrected chi connectivity index (χ3v) is 1.49. The Hall–Kier alpha value is -0.820. The summed E-state index contributed by atoms with van der Waals surface area (Å²) in [5, 5.41) is 0. The van der Waals surface area contributed by atoms with Crippen molar-refractivity contribution in [2.75, 3.05) is 13.1 Å². The molecule has 0 aliphatic heterocycles. The maximum atomic E-state index is 12.0. The summed E-state index contributed by atoms with van der Waals surface area (Å²) < 4.78 is 23.9. The van der Waals surface area contributed by atoms with Crippen LogP contribution in [-0.2, 0) is 0 Å². The molecule has 2 N–H and O–H groups in total. The van der Waals surface area contributed by atoms with Gasteiger partial charge >= 0.3 is 0 Å². The lowest BCUT2D eigenvalue weighted by molar-refractivity contribution is 0.0809. The minimum absolute atomic E-state index is 0.0693. The number of hydrogen-bond acceptors (Lipinski definition) is 2. The largest absolute Gasteiger partial charge is 0.359 e. The Balaban J connectivity index is 3.92.